The van der Waals surface area contributed by atoms with Crippen molar-refractivity contribution < 1.29 is 26.0 Å². The van der Waals surface area contributed by atoms with Crippen molar-refractivity contribution in [1.82, 2.24) is 14.8 Å². The number of halogens is 5. The third-order valence-electron chi connectivity index (χ3n) is 3.40. The summed E-state index contributed by atoms with van der Waals surface area (Å²) in [5.41, 5.74) is 0.238. The monoisotopic (exact) mass is 369 g/mol. The van der Waals surface area contributed by atoms with Crippen molar-refractivity contribution in [2.45, 2.75) is 29.5 Å². The Bertz CT molecular complexity index is 851. The van der Waals surface area contributed by atoms with Gasteiger partial charge in [0.25, 0.3) is 15.0 Å². The molecule has 124 valence electrons. The Labute approximate surface area is 132 Å². The van der Waals surface area contributed by atoms with Gasteiger partial charge in [-0.2, -0.15) is 13.8 Å². The van der Waals surface area contributed by atoms with Crippen molar-refractivity contribution in [3.8, 4) is 0 Å². The van der Waals surface area contributed by atoms with E-state index in [4.69, 9.17) is 11.6 Å². The lowest BCUT2D eigenvalue weighted by atomic mass is 10.0. The fourth-order valence-corrected chi connectivity index (χ4v) is 3.22. The van der Waals surface area contributed by atoms with E-state index in [0.717, 1.165) is 16.8 Å². The van der Waals surface area contributed by atoms with Crippen LogP contribution in [0.1, 0.15) is 30.0 Å². The van der Waals surface area contributed by atoms with E-state index in [0.29, 0.717) is 0 Å². The summed E-state index contributed by atoms with van der Waals surface area (Å²) in [6, 6.07) is 2.60. The van der Waals surface area contributed by atoms with Crippen molar-refractivity contribution in [2.24, 2.45) is 0 Å². The minimum absolute atomic E-state index is 0.0596. The summed E-state index contributed by atoms with van der Waals surface area (Å²) in [6.45, 7) is 0. The molecule has 5 nitrogen and oxygen atoms in total. The van der Waals surface area contributed by atoms with Gasteiger partial charge in [0.2, 0.25) is 0 Å². The van der Waals surface area contributed by atoms with Gasteiger partial charge in [-0.3, -0.25) is 0 Å². The first kappa shape index (κ1) is 16.2. The number of hydrogen-bond acceptors (Lipinski definition) is 4. The quantitative estimate of drug-likeness (QED) is 0.780. The molecule has 0 aliphatic carbocycles. The first-order valence-electron chi connectivity index (χ1n) is 6.28. The van der Waals surface area contributed by atoms with Crippen LogP contribution in [0, 0.1) is 5.82 Å². The van der Waals surface area contributed by atoms with Gasteiger partial charge in [0.1, 0.15) is 5.82 Å². The highest BCUT2D eigenvalue weighted by Crippen LogP contribution is 2.40. The van der Waals surface area contributed by atoms with E-state index in [2.05, 4.69) is 10.1 Å². The normalized spacial score (nSPS) is 21.0. The van der Waals surface area contributed by atoms with Gasteiger partial charge >= 0.3 is 5.76 Å². The van der Waals surface area contributed by atoms with Crippen LogP contribution < -0.4 is 0 Å². The van der Waals surface area contributed by atoms with E-state index in [9.17, 15) is 26.0 Å². The molecule has 0 bridgehead atoms. The van der Waals surface area contributed by atoms with Gasteiger partial charge in [0.15, 0.2) is 12.0 Å². The van der Waals surface area contributed by atoms with Crippen molar-refractivity contribution in [1.29, 1.82) is 0 Å². The standard InChI is InChI=1S/C12H8ClF4N3O2S/c13-6-1-5(2-7(14)3-6)9-4-8(15)10-18-12(19-20(9)10)23(21,22)11(16)17/h1-3,8-9,11H,4H2/t8-,9-/m0/s1. The molecule has 0 saturated carbocycles. The molecule has 11 heteroatoms. The Morgan fingerprint density at radius 2 is 2.00 bits per heavy atom. The Morgan fingerprint density at radius 1 is 1.30 bits per heavy atom. The third kappa shape index (κ3) is 2.69. The predicted octanol–water partition coefficient (Wildman–Crippen LogP) is 3.07. The van der Waals surface area contributed by atoms with Gasteiger partial charge in [0.05, 0.1) is 6.04 Å². The summed E-state index contributed by atoms with van der Waals surface area (Å²) in [5, 5.41) is 2.39. The summed E-state index contributed by atoms with van der Waals surface area (Å²) in [4.78, 5) is 3.37. The highest BCUT2D eigenvalue weighted by atomic mass is 35.5. The summed E-state index contributed by atoms with van der Waals surface area (Å²) in [7, 11) is -5.04. The highest BCUT2D eigenvalue weighted by Gasteiger charge is 2.40. The Kier molecular flexibility index (Phi) is 3.83. The molecule has 0 spiro atoms. The van der Waals surface area contributed by atoms with Crippen LogP contribution in [-0.2, 0) is 9.84 Å². The van der Waals surface area contributed by atoms with Crippen LogP contribution in [0.25, 0.3) is 0 Å². The number of fused-ring (bicyclic) bond motifs is 1. The maximum absolute atomic E-state index is 14.0. The molecule has 0 amide bonds. The van der Waals surface area contributed by atoms with Gasteiger partial charge in [-0.25, -0.2) is 21.9 Å². The fourth-order valence-electron chi connectivity index (χ4n) is 2.40. The Morgan fingerprint density at radius 3 is 2.61 bits per heavy atom. The van der Waals surface area contributed by atoms with Crippen LogP contribution in [0.2, 0.25) is 5.02 Å². The molecule has 2 aromatic rings. The largest absolute Gasteiger partial charge is 0.344 e. The van der Waals surface area contributed by atoms with Gasteiger partial charge in [0, 0.05) is 11.4 Å². The number of benzene rings is 1. The van der Waals surface area contributed by atoms with Gasteiger partial charge < -0.3 is 0 Å². The molecule has 0 unspecified atom stereocenters. The minimum atomic E-state index is -5.04. The van der Waals surface area contributed by atoms with Crippen LogP contribution in [0.15, 0.2) is 23.4 Å². The smallest absolute Gasteiger partial charge is 0.239 e. The second kappa shape index (κ2) is 5.45. The predicted molar refractivity (Wildman–Crippen MR) is 71.2 cm³/mol. The average Bonchev–Trinajstić information content (AvgIpc) is 2.99. The Hall–Kier alpha value is -1.68. The first-order chi connectivity index (χ1) is 10.7. The van der Waals surface area contributed by atoms with E-state index in [1.165, 1.54) is 6.07 Å². The van der Waals surface area contributed by atoms with Crippen LogP contribution in [0.5, 0.6) is 0 Å². The summed E-state index contributed by atoms with van der Waals surface area (Å²) in [6.07, 6.45) is -1.89. The van der Waals surface area contributed by atoms with E-state index >= 15 is 0 Å². The molecular weight excluding hydrogens is 362 g/mol. The highest BCUT2D eigenvalue weighted by molar-refractivity contribution is 7.91. The molecule has 0 saturated heterocycles. The minimum Gasteiger partial charge on any atom is -0.239 e. The second-order valence-corrected chi connectivity index (χ2v) is 7.17. The zero-order chi connectivity index (χ0) is 16.9. The summed E-state index contributed by atoms with van der Waals surface area (Å²) in [5.74, 6) is -4.78. The van der Waals surface area contributed by atoms with Crippen molar-refractivity contribution in [3.63, 3.8) is 0 Å². The van der Waals surface area contributed by atoms with E-state index < -0.39 is 44.6 Å². The molecule has 3 rings (SSSR count). The average molecular weight is 370 g/mol. The summed E-state index contributed by atoms with van der Waals surface area (Å²) >= 11 is 5.74. The number of rotatable bonds is 3. The molecule has 1 aliphatic rings. The number of nitrogens with zero attached hydrogens (tertiary/aromatic N) is 3. The van der Waals surface area contributed by atoms with Gasteiger partial charge in [-0.05, 0) is 23.8 Å². The molecule has 2 atom stereocenters. The van der Waals surface area contributed by atoms with E-state index in [-0.39, 0.29) is 17.0 Å². The van der Waals surface area contributed by atoms with E-state index in [1.54, 1.807) is 0 Å². The molecule has 2 heterocycles. The topological polar surface area (TPSA) is 64.8 Å². The SMILES string of the molecule is O=S(=O)(c1nc2n(n1)[C@H](c1cc(F)cc(Cl)c1)C[C@@H]2F)C(F)F. The molecule has 23 heavy (non-hydrogen) atoms. The fraction of sp³-hybridized carbons (Fsp3) is 0.333. The molecule has 0 radical (unpaired) electrons. The van der Waals surface area contributed by atoms with E-state index in [1.807, 2.05) is 0 Å². The lowest BCUT2D eigenvalue weighted by molar-refractivity contribution is 0.233. The number of hydrogen-bond donors (Lipinski definition) is 0. The zero-order valence-corrected chi connectivity index (χ0v) is 12.7. The maximum Gasteiger partial charge on any atom is 0.344 e. The van der Waals surface area contributed by atoms with Gasteiger partial charge in [-0.15, -0.1) is 5.10 Å². The molecule has 1 aromatic heterocycles. The van der Waals surface area contributed by atoms with Crippen LogP contribution in [0.4, 0.5) is 17.6 Å². The molecule has 1 aromatic carbocycles. The van der Waals surface area contributed by atoms with Crippen LogP contribution >= 0.6 is 11.6 Å². The molecule has 1 aliphatic heterocycles. The molecule has 0 fully saturated rings. The lowest BCUT2D eigenvalue weighted by Gasteiger charge is -2.12. The Balaban J connectivity index is 2.09. The van der Waals surface area contributed by atoms with Crippen molar-refractivity contribution in [2.75, 3.05) is 0 Å². The first-order valence-corrected chi connectivity index (χ1v) is 8.21. The van der Waals surface area contributed by atoms with Crippen LogP contribution in [-0.4, -0.2) is 28.9 Å². The number of sulfone groups is 1. The molecular formula is C12H8ClF4N3O2S. The molecule has 0 N–H and O–H groups in total. The number of alkyl halides is 3. The second-order valence-electron chi connectivity index (χ2n) is 4.92. The van der Waals surface area contributed by atoms with Crippen molar-refractivity contribution >= 4 is 21.4 Å². The zero-order valence-electron chi connectivity index (χ0n) is 11.1. The van der Waals surface area contributed by atoms with Crippen molar-refractivity contribution in [3.05, 3.63) is 40.4 Å². The van der Waals surface area contributed by atoms with Crippen LogP contribution in [0.3, 0.4) is 0 Å². The summed E-state index contributed by atoms with van der Waals surface area (Å²) < 4.78 is 76.2. The maximum atomic E-state index is 14.0. The number of aromatic nitrogens is 3. The van der Waals surface area contributed by atoms with Gasteiger partial charge in [-0.1, -0.05) is 11.6 Å². The third-order valence-corrected chi connectivity index (χ3v) is 4.77. The lowest BCUT2D eigenvalue weighted by Crippen LogP contribution is -2.15.